The first-order valence-corrected chi connectivity index (χ1v) is 10.3. The monoisotopic (exact) mass is 413 g/mol. The molecule has 8 heteroatoms. The summed E-state index contributed by atoms with van der Waals surface area (Å²) < 4.78 is 35.0. The molecule has 1 aliphatic rings. The van der Waals surface area contributed by atoms with Crippen molar-refractivity contribution >= 4 is 0 Å². The largest absolute Gasteiger partial charge is 0.361 e. The summed E-state index contributed by atoms with van der Waals surface area (Å²) in [6, 6.07) is 5.58. The number of H-pyrrole nitrogens is 1. The van der Waals surface area contributed by atoms with Crippen molar-refractivity contribution in [3.8, 4) is 11.3 Å². The molecule has 0 saturated carbocycles. The van der Waals surface area contributed by atoms with Gasteiger partial charge in [-0.05, 0) is 54.9 Å². The lowest BCUT2D eigenvalue weighted by molar-refractivity contribution is -0.0354. The smallest absolute Gasteiger partial charge is 0.153 e. The van der Waals surface area contributed by atoms with E-state index in [1.54, 1.807) is 6.07 Å². The highest BCUT2D eigenvalue weighted by Gasteiger charge is 2.34. The summed E-state index contributed by atoms with van der Waals surface area (Å²) in [6.07, 6.45) is 3.36. The molecular formula is C22H25F2N5O. The van der Waals surface area contributed by atoms with Crippen LogP contribution in [0.15, 0.2) is 30.6 Å². The Hall–Kier alpha value is -2.74. The van der Waals surface area contributed by atoms with Gasteiger partial charge in [0.1, 0.15) is 30.2 Å². The Morgan fingerprint density at radius 2 is 1.93 bits per heavy atom. The molecule has 0 aliphatic heterocycles. The molecular weight excluding hydrogens is 388 g/mol. The van der Waals surface area contributed by atoms with Crippen LogP contribution in [-0.2, 0) is 4.74 Å². The number of nitrogens with one attached hydrogen (secondary N) is 1. The summed E-state index contributed by atoms with van der Waals surface area (Å²) in [5, 5.41) is 15.4. The van der Waals surface area contributed by atoms with Crippen LogP contribution in [0, 0.1) is 17.6 Å². The van der Waals surface area contributed by atoms with E-state index in [4.69, 9.17) is 4.74 Å². The van der Waals surface area contributed by atoms with Crippen LogP contribution in [0.1, 0.15) is 75.2 Å². The fourth-order valence-corrected chi connectivity index (χ4v) is 4.20. The van der Waals surface area contributed by atoms with E-state index in [0.29, 0.717) is 11.7 Å². The van der Waals surface area contributed by atoms with Gasteiger partial charge in [0.05, 0.1) is 17.0 Å². The molecule has 4 rings (SSSR count). The second-order valence-corrected chi connectivity index (χ2v) is 7.99. The molecule has 2 aromatic heterocycles. The van der Waals surface area contributed by atoms with Gasteiger partial charge in [-0.3, -0.25) is 5.10 Å². The van der Waals surface area contributed by atoms with Gasteiger partial charge in [-0.15, -0.1) is 5.10 Å². The number of halogens is 2. The Morgan fingerprint density at radius 3 is 2.57 bits per heavy atom. The number of fused-ring (bicyclic) bond motifs is 1. The molecule has 0 fully saturated rings. The number of hydrogen-bond donors (Lipinski definition) is 1. The molecule has 0 bridgehead atoms. The number of hydrogen-bond acceptors (Lipinski definition) is 5. The Morgan fingerprint density at radius 1 is 1.17 bits per heavy atom. The highest BCUT2D eigenvalue weighted by atomic mass is 19.1. The molecule has 1 N–H and O–H groups in total. The summed E-state index contributed by atoms with van der Waals surface area (Å²) in [7, 11) is 0. The summed E-state index contributed by atoms with van der Waals surface area (Å²) in [4.78, 5) is 4.21. The quantitative estimate of drug-likeness (QED) is 0.595. The third-order valence-corrected chi connectivity index (χ3v) is 5.76. The van der Waals surface area contributed by atoms with Crippen LogP contribution in [0.25, 0.3) is 11.3 Å². The Kier molecular flexibility index (Phi) is 5.85. The van der Waals surface area contributed by atoms with E-state index in [1.165, 1.54) is 24.5 Å². The van der Waals surface area contributed by atoms with Gasteiger partial charge in [0.25, 0.3) is 0 Å². The first-order valence-electron chi connectivity index (χ1n) is 10.3. The average molecular weight is 413 g/mol. The maximum absolute atomic E-state index is 14.3. The lowest BCUT2D eigenvalue weighted by Crippen LogP contribution is -2.23. The summed E-state index contributed by atoms with van der Waals surface area (Å²) >= 11 is 0. The van der Waals surface area contributed by atoms with Gasteiger partial charge in [-0.1, -0.05) is 26.8 Å². The van der Waals surface area contributed by atoms with Crippen LogP contribution in [-0.4, -0.2) is 25.4 Å². The minimum absolute atomic E-state index is 0.147. The first kappa shape index (κ1) is 20.5. The van der Waals surface area contributed by atoms with Crippen molar-refractivity contribution in [3.05, 3.63) is 59.3 Å². The fourth-order valence-electron chi connectivity index (χ4n) is 4.20. The van der Waals surface area contributed by atoms with Gasteiger partial charge in [0.15, 0.2) is 5.82 Å². The lowest BCUT2D eigenvalue weighted by Gasteiger charge is -2.34. The van der Waals surface area contributed by atoms with Crippen molar-refractivity contribution in [1.82, 2.24) is 25.4 Å². The van der Waals surface area contributed by atoms with E-state index in [2.05, 4.69) is 39.2 Å². The van der Waals surface area contributed by atoms with Crippen molar-refractivity contribution in [2.75, 3.05) is 0 Å². The molecule has 3 aromatic rings. The van der Waals surface area contributed by atoms with Gasteiger partial charge < -0.3 is 4.74 Å². The van der Waals surface area contributed by atoms with E-state index < -0.39 is 11.6 Å². The number of benzene rings is 1. The van der Waals surface area contributed by atoms with Crippen LogP contribution in [0.3, 0.4) is 0 Å². The standard InChI is InChI=1S/C22H25F2N5O/c1-4-18(22-25-11-26-29-22)30-19-9-8-13(12(2)3)14-10-17(27-28-21(14)19)20-15(23)6-5-7-16(20)24/h5-7,10-13,18-19H,4,8-9H2,1-3H3,(H,25,26,29)/t13?,18-,19?/m1/s1. The molecule has 3 atom stereocenters. The van der Waals surface area contributed by atoms with Gasteiger partial charge in [0.2, 0.25) is 0 Å². The van der Waals surface area contributed by atoms with Crippen molar-refractivity contribution in [2.24, 2.45) is 5.92 Å². The van der Waals surface area contributed by atoms with Crippen molar-refractivity contribution in [1.29, 1.82) is 0 Å². The van der Waals surface area contributed by atoms with E-state index in [9.17, 15) is 8.78 Å². The summed E-state index contributed by atoms with van der Waals surface area (Å²) in [5.41, 5.74) is 1.74. The zero-order valence-electron chi connectivity index (χ0n) is 17.3. The molecule has 30 heavy (non-hydrogen) atoms. The molecule has 0 saturated heterocycles. The SMILES string of the molecule is CC[C@@H](OC1CCC(C(C)C)c2cc(-c3c(F)cccc3F)nnc21)c1ncn[nH]1. The zero-order chi connectivity index (χ0) is 21.3. The lowest BCUT2D eigenvalue weighted by atomic mass is 9.77. The fraction of sp³-hybridized carbons (Fsp3) is 0.455. The normalized spacial score (nSPS) is 19.7. The average Bonchev–Trinajstić information content (AvgIpc) is 3.26. The molecule has 6 nitrogen and oxygen atoms in total. The Balaban J connectivity index is 1.73. The van der Waals surface area contributed by atoms with E-state index in [-0.39, 0.29) is 29.4 Å². The van der Waals surface area contributed by atoms with Crippen molar-refractivity contribution in [2.45, 2.75) is 58.2 Å². The molecule has 1 aliphatic carbocycles. The predicted octanol–water partition coefficient (Wildman–Crippen LogP) is 5.28. The van der Waals surface area contributed by atoms with Gasteiger partial charge in [-0.25, -0.2) is 13.8 Å². The molecule has 0 radical (unpaired) electrons. The topological polar surface area (TPSA) is 76.6 Å². The van der Waals surface area contributed by atoms with E-state index in [0.717, 1.165) is 30.5 Å². The highest BCUT2D eigenvalue weighted by Crippen LogP contribution is 2.44. The molecule has 2 heterocycles. The first-order chi connectivity index (χ1) is 14.5. The Labute approximate surface area is 174 Å². The van der Waals surface area contributed by atoms with Crippen molar-refractivity contribution < 1.29 is 13.5 Å². The maximum Gasteiger partial charge on any atom is 0.153 e. The van der Waals surface area contributed by atoms with Gasteiger partial charge in [-0.2, -0.15) is 10.2 Å². The van der Waals surface area contributed by atoms with Gasteiger partial charge in [0, 0.05) is 0 Å². The minimum atomic E-state index is -0.648. The molecule has 0 amide bonds. The second-order valence-electron chi connectivity index (χ2n) is 7.99. The van der Waals surface area contributed by atoms with Gasteiger partial charge >= 0.3 is 0 Å². The molecule has 0 spiro atoms. The molecule has 158 valence electrons. The van der Waals surface area contributed by atoms with Crippen LogP contribution in [0.4, 0.5) is 8.78 Å². The number of rotatable bonds is 6. The molecule has 2 unspecified atom stereocenters. The van der Waals surface area contributed by atoms with Crippen LogP contribution in [0.2, 0.25) is 0 Å². The second kappa shape index (κ2) is 8.55. The summed E-state index contributed by atoms with van der Waals surface area (Å²) in [5.74, 6) is -0.0589. The number of aromatic nitrogens is 5. The van der Waals surface area contributed by atoms with Crippen LogP contribution >= 0.6 is 0 Å². The number of aromatic amines is 1. The maximum atomic E-state index is 14.3. The Bertz CT molecular complexity index is 989. The summed E-state index contributed by atoms with van der Waals surface area (Å²) in [6.45, 7) is 6.30. The number of nitrogens with zero attached hydrogens (tertiary/aromatic N) is 4. The predicted molar refractivity (Wildman–Crippen MR) is 107 cm³/mol. The van der Waals surface area contributed by atoms with Crippen LogP contribution < -0.4 is 0 Å². The third kappa shape index (κ3) is 3.84. The van der Waals surface area contributed by atoms with E-state index >= 15 is 0 Å². The van der Waals surface area contributed by atoms with Crippen LogP contribution in [0.5, 0.6) is 0 Å². The van der Waals surface area contributed by atoms with Crippen molar-refractivity contribution in [3.63, 3.8) is 0 Å². The van der Waals surface area contributed by atoms with E-state index in [1.807, 2.05) is 6.92 Å². The zero-order valence-corrected chi connectivity index (χ0v) is 17.3. The minimum Gasteiger partial charge on any atom is -0.361 e. The third-order valence-electron chi connectivity index (χ3n) is 5.76. The highest BCUT2D eigenvalue weighted by molar-refractivity contribution is 5.61. The molecule has 1 aromatic carbocycles. The number of ether oxygens (including phenoxy) is 1.